The zero-order valence-electron chi connectivity index (χ0n) is 41.6. The fourth-order valence-electron chi connectivity index (χ4n) is 6.63. The molecule has 4 aliphatic rings. The van der Waals surface area contributed by atoms with E-state index in [4.69, 9.17) is 92.2 Å². The van der Waals surface area contributed by atoms with Crippen LogP contribution in [0.15, 0.2) is 0 Å². The van der Waals surface area contributed by atoms with Gasteiger partial charge < -0.3 is 134 Å². The first-order chi connectivity index (χ1) is 32.1. The number of carbonyl (C=O) groups is 1. The number of hydrogen-bond donors (Lipinski definition) is 12. The summed E-state index contributed by atoms with van der Waals surface area (Å²) in [5.74, 6) is -0.460. The standard InChI is InChI=1S/C10H18O7.2C9H16BrNO6.C8H16O6.CBrN.BrH.H3N.Na.2H2O/c1-5(11)16-4-6-9(14-2)7(12)8(13)10(15-3)17-6;2*1-14-7-4(3-16-9(10)11)17-8(15-2)6(13)5(7)12;1-12-7-4(3-9)14-8(13-2)6(11)5(7)10;2-1-3;;;;;/h6-10,12-13H,4H2,1-3H3;2*4-8,11-13H,3H2,1-2H3;4-11H,3H2,1-2H3;;1H;1H3;;2*1H2/q;;;;;;;+1;;/p-1/t6?,7-,8?,9-,10-;3*4?,5-,6?,7-,8-;;;;;;/m0000....../s1. The van der Waals surface area contributed by atoms with Crippen LogP contribution < -0.4 is 35.7 Å². The number of carbonyl (C=O) groups excluding carboxylic acids is 1. The first kappa shape index (κ1) is 84.2. The molecule has 0 amide bonds. The summed E-state index contributed by atoms with van der Waals surface area (Å²) in [5, 5.41) is 108. The predicted molar refractivity (Wildman–Crippen MR) is 258 cm³/mol. The molecule has 0 aliphatic carbocycles. The minimum Gasteiger partial charge on any atom is -0.870 e. The van der Waals surface area contributed by atoms with E-state index < -0.39 is 129 Å². The van der Waals surface area contributed by atoms with Crippen molar-refractivity contribution in [3.8, 4) is 4.98 Å². The van der Waals surface area contributed by atoms with Crippen LogP contribution in [0.3, 0.4) is 0 Å². The maximum absolute atomic E-state index is 10.7. The molecular formula is C37H73Br4N4NaO27. The third-order valence-corrected chi connectivity index (χ3v) is 10.4. The second kappa shape index (κ2) is 45.7. The zero-order chi connectivity index (χ0) is 52.4. The number of nitrogens with one attached hydrogen (secondary N) is 2. The van der Waals surface area contributed by atoms with Crippen LogP contribution >= 0.6 is 64.8 Å². The van der Waals surface area contributed by atoms with Gasteiger partial charge in [0.1, 0.15) is 122 Å². The van der Waals surface area contributed by atoms with Gasteiger partial charge in [0.15, 0.2) is 25.2 Å². The monoisotopic (exact) mass is 1340 g/mol. The number of methoxy groups -OCH3 is 8. The molecular weight excluding hydrogens is 1280 g/mol. The maximum atomic E-state index is 10.7. The molecule has 0 bridgehead atoms. The Balaban J connectivity index is -0.000000197. The van der Waals surface area contributed by atoms with Crippen LogP contribution in [-0.2, 0) is 75.8 Å². The Morgan fingerprint density at radius 2 is 0.726 bits per heavy atom. The van der Waals surface area contributed by atoms with Crippen molar-refractivity contribution in [3.05, 3.63) is 0 Å². The Hall–Kier alpha value is -0.140. The number of ether oxygens (including phenoxy) is 15. The fraction of sp³-hybridized carbons (Fsp3) is 0.892. The summed E-state index contributed by atoms with van der Waals surface area (Å²) >= 11 is 8.10. The van der Waals surface area contributed by atoms with Crippen LogP contribution in [0.1, 0.15) is 6.92 Å². The number of nitriles is 1. The molecule has 20 atom stereocenters. The molecule has 432 valence electrons. The van der Waals surface area contributed by atoms with Gasteiger partial charge in [-0.2, -0.15) is 5.26 Å². The van der Waals surface area contributed by atoms with Crippen molar-refractivity contribution in [2.45, 2.75) is 130 Å². The van der Waals surface area contributed by atoms with Crippen molar-refractivity contribution in [1.82, 2.24) is 6.15 Å². The molecule has 4 saturated heterocycles. The van der Waals surface area contributed by atoms with Gasteiger partial charge in [-0.05, 0) is 0 Å². The van der Waals surface area contributed by atoms with Gasteiger partial charge in [-0.25, -0.2) is 0 Å². The SMILES string of the molecule is Br.CO[C@H]1OC(CO)[C@H](OC)[C@@H](O)C1O.CO[C@H]1OC(COC(=N)Br)[C@H](OC)[C@@H](O)C1O.CO[C@H]1OC(COC(=N)Br)[C@H](OC)[C@@H](O)C1O.CO[C@H]1OC(COC(C)=O)[C@H](OC)[C@@H](O)C1O.N.N#CBr.O.[Na+].[OH-]. The number of nitrogens with zero attached hydrogens (tertiary/aromatic N) is 1. The zero-order valence-corrected chi connectivity index (χ0v) is 50.0. The van der Waals surface area contributed by atoms with E-state index in [1.165, 1.54) is 63.8 Å². The van der Waals surface area contributed by atoms with Gasteiger partial charge in [-0.3, -0.25) is 15.6 Å². The molecule has 0 spiro atoms. The van der Waals surface area contributed by atoms with E-state index in [1.54, 1.807) is 4.98 Å². The first-order valence-corrected chi connectivity index (χ1v) is 22.2. The van der Waals surface area contributed by atoms with Crippen LogP contribution in [0.2, 0.25) is 0 Å². The Kier molecular flexibility index (Phi) is 52.7. The van der Waals surface area contributed by atoms with Crippen LogP contribution in [0.25, 0.3) is 0 Å². The van der Waals surface area contributed by atoms with Crippen LogP contribution in [0.5, 0.6) is 0 Å². The Morgan fingerprint density at radius 3 is 0.904 bits per heavy atom. The molecule has 0 aromatic rings. The van der Waals surface area contributed by atoms with Crippen molar-refractivity contribution in [3.63, 3.8) is 0 Å². The molecule has 4 fully saturated rings. The second-order valence-electron chi connectivity index (χ2n) is 14.1. The molecule has 4 rings (SSSR count). The van der Waals surface area contributed by atoms with Gasteiger partial charge in [0, 0.05) is 112 Å². The molecule has 0 saturated carbocycles. The van der Waals surface area contributed by atoms with E-state index in [1.807, 2.05) is 0 Å². The van der Waals surface area contributed by atoms with E-state index in [0.29, 0.717) is 0 Å². The molecule has 36 heteroatoms. The minimum atomic E-state index is -1.21. The van der Waals surface area contributed by atoms with Gasteiger partial charge in [0.2, 0.25) is 0 Å². The fourth-order valence-corrected chi connectivity index (χ4v) is 6.89. The molecule has 31 nitrogen and oxygen atoms in total. The molecule has 4 heterocycles. The normalized spacial score (nSPS) is 35.0. The van der Waals surface area contributed by atoms with Crippen molar-refractivity contribution in [2.24, 2.45) is 0 Å². The third-order valence-electron chi connectivity index (χ3n) is 9.96. The molecule has 0 aromatic carbocycles. The average Bonchev–Trinajstić information content (AvgIpc) is 3.31. The van der Waals surface area contributed by atoms with Crippen molar-refractivity contribution in [1.29, 1.82) is 16.1 Å². The van der Waals surface area contributed by atoms with E-state index in [-0.39, 0.29) is 99.7 Å². The van der Waals surface area contributed by atoms with Crippen molar-refractivity contribution in [2.75, 3.05) is 83.3 Å². The summed E-state index contributed by atoms with van der Waals surface area (Å²) in [6.07, 6.45) is -18.8. The average molecular weight is 1350 g/mol. The number of esters is 1. The van der Waals surface area contributed by atoms with Crippen LogP contribution in [0.4, 0.5) is 0 Å². The third kappa shape index (κ3) is 27.5. The van der Waals surface area contributed by atoms with Crippen molar-refractivity contribution >= 4 is 80.4 Å². The van der Waals surface area contributed by atoms with E-state index in [2.05, 4.69) is 47.8 Å². The van der Waals surface area contributed by atoms with Gasteiger partial charge in [0.05, 0.1) is 6.61 Å². The molecule has 4 aliphatic heterocycles. The number of halogens is 4. The Morgan fingerprint density at radius 1 is 0.521 bits per heavy atom. The summed E-state index contributed by atoms with van der Waals surface area (Å²) in [4.78, 5) is 12.0. The van der Waals surface area contributed by atoms with Gasteiger partial charge in [0.25, 0.3) is 9.61 Å². The number of aliphatic hydroxyl groups excluding tert-OH is 9. The van der Waals surface area contributed by atoms with E-state index in [0.717, 1.165) is 0 Å². The number of hydrogen-bond acceptors (Lipinski definition) is 30. The number of rotatable bonds is 15. The van der Waals surface area contributed by atoms with Crippen LogP contribution in [-0.4, -0.2) is 279 Å². The summed E-state index contributed by atoms with van der Waals surface area (Å²) < 4.78 is 75.4. The summed E-state index contributed by atoms with van der Waals surface area (Å²) in [6, 6.07) is 0. The first-order valence-electron chi connectivity index (χ1n) is 19.9. The predicted octanol–water partition coefficient (Wildman–Crippen LogP) is -6.77. The molecule has 8 unspecified atom stereocenters. The Labute approximate surface area is 479 Å². The minimum absolute atomic E-state index is 0. The molecule has 0 radical (unpaired) electrons. The maximum Gasteiger partial charge on any atom is 1.00 e. The van der Waals surface area contributed by atoms with E-state index in [9.17, 15) is 45.6 Å². The summed E-state index contributed by atoms with van der Waals surface area (Å²) in [7, 11) is 10.9. The quantitative estimate of drug-likeness (QED) is 0.0314. The summed E-state index contributed by atoms with van der Waals surface area (Å²) in [6.45, 7) is 0.905. The van der Waals surface area contributed by atoms with Crippen molar-refractivity contribution < 1.29 is 162 Å². The van der Waals surface area contributed by atoms with Gasteiger partial charge in [-0.15, -0.1) is 17.0 Å². The summed E-state index contributed by atoms with van der Waals surface area (Å²) in [5.41, 5.74) is 0. The topological polar surface area (TPSA) is 506 Å². The Bertz CT molecular complexity index is 1350. The largest absolute Gasteiger partial charge is 1.00 e. The second-order valence-corrected chi connectivity index (χ2v) is 15.9. The van der Waals surface area contributed by atoms with Crippen LogP contribution in [0, 0.1) is 21.1 Å². The molecule has 0 aromatic heterocycles. The van der Waals surface area contributed by atoms with Gasteiger partial charge in [-0.1, -0.05) is 0 Å². The number of aliphatic hydroxyl groups is 9. The molecule has 73 heavy (non-hydrogen) atoms. The van der Waals surface area contributed by atoms with Gasteiger partial charge >= 0.3 is 35.5 Å². The smallest absolute Gasteiger partial charge is 0.870 e. The molecule has 17 N–H and O–H groups in total. The van der Waals surface area contributed by atoms with E-state index >= 15 is 0 Å².